The molecule has 0 unspecified atom stereocenters. The van der Waals surface area contributed by atoms with Crippen LogP contribution in [0.2, 0.25) is 0 Å². The van der Waals surface area contributed by atoms with Crippen molar-refractivity contribution >= 4 is 0 Å². The van der Waals surface area contributed by atoms with E-state index in [4.69, 9.17) is 4.74 Å². The summed E-state index contributed by atoms with van der Waals surface area (Å²) in [5.74, 6) is 2.41. The molecule has 1 aromatic heterocycles. The van der Waals surface area contributed by atoms with E-state index in [-0.39, 0.29) is 5.75 Å². The Kier molecular flexibility index (Phi) is 3.21. The number of aryl methyl sites for hydroxylation is 1. The minimum absolute atomic E-state index is 0.254. The topological polar surface area (TPSA) is 60.2 Å². The van der Waals surface area contributed by atoms with Crippen LogP contribution in [0.25, 0.3) is 11.4 Å². The standard InChI is InChI=1S/C14H17N3O2/c1-17-14(11-6-8-19-9-7-11)15-13(16-17)10-2-4-12(18)5-3-10/h2-5,11,18H,6-9H2,1H3. The molecule has 5 nitrogen and oxygen atoms in total. The molecule has 0 spiro atoms. The summed E-state index contributed by atoms with van der Waals surface area (Å²) < 4.78 is 7.24. The summed E-state index contributed by atoms with van der Waals surface area (Å²) in [7, 11) is 1.93. The Morgan fingerprint density at radius 3 is 2.58 bits per heavy atom. The third kappa shape index (κ3) is 2.46. The highest BCUT2D eigenvalue weighted by molar-refractivity contribution is 5.55. The average molecular weight is 259 g/mol. The van der Waals surface area contributed by atoms with Crippen LogP contribution in [0.4, 0.5) is 0 Å². The second-order valence-electron chi connectivity index (χ2n) is 4.85. The Morgan fingerprint density at radius 1 is 1.21 bits per heavy atom. The lowest BCUT2D eigenvalue weighted by atomic mass is 9.99. The van der Waals surface area contributed by atoms with Crippen molar-refractivity contribution in [3.05, 3.63) is 30.1 Å². The summed E-state index contributed by atoms with van der Waals surface area (Å²) in [5.41, 5.74) is 0.923. The first-order valence-corrected chi connectivity index (χ1v) is 6.52. The number of benzene rings is 1. The second kappa shape index (κ2) is 5.01. The van der Waals surface area contributed by atoms with Crippen LogP contribution in [0.5, 0.6) is 5.75 Å². The number of ether oxygens (including phenoxy) is 1. The zero-order valence-corrected chi connectivity index (χ0v) is 10.9. The van der Waals surface area contributed by atoms with Crippen molar-refractivity contribution in [2.75, 3.05) is 13.2 Å². The molecule has 100 valence electrons. The smallest absolute Gasteiger partial charge is 0.181 e. The van der Waals surface area contributed by atoms with Crippen LogP contribution in [0.1, 0.15) is 24.6 Å². The molecule has 0 radical (unpaired) electrons. The van der Waals surface area contributed by atoms with E-state index in [9.17, 15) is 5.11 Å². The highest BCUT2D eigenvalue weighted by Crippen LogP contribution is 2.27. The van der Waals surface area contributed by atoms with Crippen LogP contribution >= 0.6 is 0 Å². The maximum Gasteiger partial charge on any atom is 0.181 e. The fourth-order valence-electron chi connectivity index (χ4n) is 2.44. The number of aromatic nitrogens is 3. The zero-order valence-electron chi connectivity index (χ0n) is 10.9. The van der Waals surface area contributed by atoms with Crippen molar-refractivity contribution in [2.45, 2.75) is 18.8 Å². The van der Waals surface area contributed by atoms with Crippen LogP contribution < -0.4 is 0 Å². The predicted molar refractivity (Wildman–Crippen MR) is 70.9 cm³/mol. The van der Waals surface area contributed by atoms with Gasteiger partial charge in [0.05, 0.1) is 0 Å². The summed E-state index contributed by atoms with van der Waals surface area (Å²) >= 11 is 0. The molecule has 1 saturated heterocycles. The first-order chi connectivity index (χ1) is 9.24. The molecule has 3 rings (SSSR count). The number of rotatable bonds is 2. The van der Waals surface area contributed by atoms with Gasteiger partial charge < -0.3 is 9.84 Å². The van der Waals surface area contributed by atoms with Gasteiger partial charge in [0.2, 0.25) is 0 Å². The number of phenols is 1. The van der Waals surface area contributed by atoms with Gasteiger partial charge in [-0.15, -0.1) is 0 Å². The Bertz CT molecular complexity index is 557. The van der Waals surface area contributed by atoms with Crippen molar-refractivity contribution in [3.8, 4) is 17.1 Å². The Morgan fingerprint density at radius 2 is 1.89 bits per heavy atom. The molecule has 0 aliphatic carbocycles. The first kappa shape index (κ1) is 12.2. The molecule has 1 fully saturated rings. The molecular formula is C14H17N3O2. The van der Waals surface area contributed by atoms with Crippen molar-refractivity contribution in [1.29, 1.82) is 0 Å². The van der Waals surface area contributed by atoms with Gasteiger partial charge in [0.1, 0.15) is 11.6 Å². The van der Waals surface area contributed by atoms with E-state index in [0.717, 1.165) is 37.4 Å². The molecule has 0 saturated carbocycles. The van der Waals surface area contributed by atoms with Crippen molar-refractivity contribution in [2.24, 2.45) is 7.05 Å². The number of aromatic hydroxyl groups is 1. The van der Waals surface area contributed by atoms with Gasteiger partial charge in [0.15, 0.2) is 5.82 Å². The monoisotopic (exact) mass is 259 g/mol. The van der Waals surface area contributed by atoms with Crippen LogP contribution in [0, 0.1) is 0 Å². The summed E-state index contributed by atoms with van der Waals surface area (Å²) in [6.45, 7) is 1.60. The predicted octanol–water partition coefficient (Wildman–Crippen LogP) is 2.08. The molecule has 2 heterocycles. The van der Waals surface area contributed by atoms with Crippen molar-refractivity contribution in [1.82, 2.24) is 14.8 Å². The van der Waals surface area contributed by atoms with Gasteiger partial charge >= 0.3 is 0 Å². The van der Waals surface area contributed by atoms with Crippen LogP contribution in [0.3, 0.4) is 0 Å². The molecule has 1 aromatic carbocycles. The third-order valence-electron chi connectivity index (χ3n) is 3.51. The molecular weight excluding hydrogens is 242 g/mol. The highest BCUT2D eigenvalue weighted by atomic mass is 16.5. The number of hydrogen-bond acceptors (Lipinski definition) is 4. The third-order valence-corrected chi connectivity index (χ3v) is 3.51. The SMILES string of the molecule is Cn1nc(-c2ccc(O)cc2)nc1C1CCOCC1. The first-order valence-electron chi connectivity index (χ1n) is 6.52. The molecule has 1 aliphatic rings. The van der Waals surface area contributed by atoms with E-state index in [1.165, 1.54) is 0 Å². The molecule has 19 heavy (non-hydrogen) atoms. The van der Waals surface area contributed by atoms with Gasteiger partial charge in [0.25, 0.3) is 0 Å². The van der Waals surface area contributed by atoms with Gasteiger partial charge in [-0.25, -0.2) is 4.98 Å². The molecule has 0 atom stereocenters. The summed E-state index contributed by atoms with van der Waals surface area (Å²) in [5, 5.41) is 13.8. The number of phenolic OH excluding ortho intramolecular Hbond substituents is 1. The van der Waals surface area contributed by atoms with Gasteiger partial charge in [-0.1, -0.05) is 0 Å². The van der Waals surface area contributed by atoms with E-state index in [1.54, 1.807) is 12.1 Å². The van der Waals surface area contributed by atoms with E-state index < -0.39 is 0 Å². The van der Waals surface area contributed by atoms with Gasteiger partial charge in [-0.2, -0.15) is 5.10 Å². The fourth-order valence-corrected chi connectivity index (χ4v) is 2.44. The van der Waals surface area contributed by atoms with Gasteiger partial charge in [-0.3, -0.25) is 4.68 Å². The molecule has 2 aromatic rings. The van der Waals surface area contributed by atoms with Crippen molar-refractivity contribution in [3.63, 3.8) is 0 Å². The molecule has 0 bridgehead atoms. The van der Waals surface area contributed by atoms with Crippen LogP contribution in [-0.4, -0.2) is 33.1 Å². The number of hydrogen-bond donors (Lipinski definition) is 1. The van der Waals surface area contributed by atoms with E-state index in [1.807, 2.05) is 23.9 Å². The Balaban J connectivity index is 1.90. The minimum Gasteiger partial charge on any atom is -0.508 e. The molecule has 5 heteroatoms. The largest absolute Gasteiger partial charge is 0.508 e. The maximum absolute atomic E-state index is 9.31. The second-order valence-corrected chi connectivity index (χ2v) is 4.85. The zero-order chi connectivity index (χ0) is 13.2. The average Bonchev–Trinajstić information content (AvgIpc) is 2.83. The highest BCUT2D eigenvalue weighted by Gasteiger charge is 2.21. The molecule has 1 aliphatic heterocycles. The quantitative estimate of drug-likeness (QED) is 0.897. The van der Waals surface area contributed by atoms with Gasteiger partial charge in [0, 0.05) is 31.7 Å². The van der Waals surface area contributed by atoms with Crippen LogP contribution in [0.15, 0.2) is 24.3 Å². The van der Waals surface area contributed by atoms with Crippen LogP contribution in [-0.2, 0) is 11.8 Å². The van der Waals surface area contributed by atoms with E-state index in [0.29, 0.717) is 11.7 Å². The summed E-state index contributed by atoms with van der Waals surface area (Å²) in [4.78, 5) is 4.65. The lowest BCUT2D eigenvalue weighted by Crippen LogP contribution is -2.17. The number of nitrogens with zero attached hydrogens (tertiary/aromatic N) is 3. The normalized spacial score (nSPS) is 16.7. The Hall–Kier alpha value is -1.88. The van der Waals surface area contributed by atoms with Crippen molar-refractivity contribution < 1.29 is 9.84 Å². The molecule has 0 amide bonds. The van der Waals surface area contributed by atoms with E-state index in [2.05, 4.69) is 10.1 Å². The maximum atomic E-state index is 9.31. The lowest BCUT2D eigenvalue weighted by molar-refractivity contribution is 0.0828. The fraction of sp³-hybridized carbons (Fsp3) is 0.429. The Labute approximate surface area is 111 Å². The summed E-state index contributed by atoms with van der Waals surface area (Å²) in [6, 6.07) is 6.97. The lowest BCUT2D eigenvalue weighted by Gasteiger charge is -2.20. The van der Waals surface area contributed by atoms with Gasteiger partial charge in [-0.05, 0) is 37.1 Å². The molecule has 1 N–H and O–H groups in total. The minimum atomic E-state index is 0.254. The van der Waals surface area contributed by atoms with E-state index >= 15 is 0 Å². The summed E-state index contributed by atoms with van der Waals surface area (Å²) in [6.07, 6.45) is 2.00.